The summed E-state index contributed by atoms with van der Waals surface area (Å²) in [5.74, 6) is -0.230. The number of benzene rings is 1. The zero-order valence-corrected chi connectivity index (χ0v) is 13.6. The van der Waals surface area contributed by atoms with Crippen molar-refractivity contribution in [1.82, 2.24) is 14.6 Å². The van der Waals surface area contributed by atoms with E-state index < -0.39 is 0 Å². The molecule has 1 aromatic carbocycles. The molecule has 0 aliphatic carbocycles. The van der Waals surface area contributed by atoms with Gasteiger partial charge in [-0.2, -0.15) is 4.37 Å². The molecule has 2 aromatic heterocycles. The summed E-state index contributed by atoms with van der Waals surface area (Å²) in [6, 6.07) is 9.73. The highest BCUT2D eigenvalue weighted by Gasteiger charge is 2.19. The predicted octanol–water partition coefficient (Wildman–Crippen LogP) is 3.26. The number of nitrogens with zero attached hydrogens (tertiary/aromatic N) is 3. The van der Waals surface area contributed by atoms with Crippen molar-refractivity contribution in [2.75, 3.05) is 17.7 Å². The van der Waals surface area contributed by atoms with Gasteiger partial charge >= 0.3 is 0 Å². The number of amides is 1. The van der Waals surface area contributed by atoms with E-state index in [4.69, 9.17) is 0 Å². The smallest absolute Gasteiger partial charge is 0.262 e. The average Bonchev–Trinajstić information content (AvgIpc) is 3.14. The van der Waals surface area contributed by atoms with E-state index in [-0.39, 0.29) is 5.91 Å². The molecule has 0 radical (unpaired) electrons. The fourth-order valence-corrected chi connectivity index (χ4v) is 3.43. The Morgan fingerprint density at radius 3 is 2.68 bits per heavy atom. The van der Waals surface area contributed by atoms with Crippen molar-refractivity contribution < 1.29 is 4.79 Å². The van der Waals surface area contributed by atoms with Gasteiger partial charge in [0.15, 0.2) is 0 Å². The Bertz CT molecular complexity index is 797. The number of rotatable bonds is 4. The largest absolute Gasteiger partial charge is 0.378 e. The van der Waals surface area contributed by atoms with Crippen LogP contribution in [0.25, 0.3) is 10.6 Å². The van der Waals surface area contributed by atoms with E-state index in [1.54, 1.807) is 7.05 Å². The molecule has 0 unspecified atom stereocenters. The third-order valence-electron chi connectivity index (χ3n) is 2.98. The lowest BCUT2D eigenvalue weighted by atomic mass is 10.2. The second-order valence-electron chi connectivity index (χ2n) is 4.45. The number of carbonyl (C=O) groups excluding carboxylic acids is 1. The van der Waals surface area contributed by atoms with Gasteiger partial charge in [-0.25, -0.2) is 0 Å². The standard InChI is InChI=1S/C14H13N5OS2/c1-8-10(13(15-2)22-19-8)11(20)16-14-18-17-12(21-14)9-6-4-3-5-7-9/h3-7,15H,1-2H3,(H,16,18,20). The summed E-state index contributed by atoms with van der Waals surface area (Å²) < 4.78 is 4.19. The SMILES string of the molecule is CNc1snc(C)c1C(=O)Nc1nnc(-c2ccccc2)s1. The number of carbonyl (C=O) groups is 1. The molecule has 6 nitrogen and oxygen atoms in total. The highest BCUT2D eigenvalue weighted by atomic mass is 32.1. The van der Waals surface area contributed by atoms with Crippen molar-refractivity contribution in [2.45, 2.75) is 6.92 Å². The Morgan fingerprint density at radius 1 is 1.18 bits per heavy atom. The summed E-state index contributed by atoms with van der Waals surface area (Å²) >= 11 is 2.60. The van der Waals surface area contributed by atoms with E-state index in [1.807, 2.05) is 37.3 Å². The van der Waals surface area contributed by atoms with Gasteiger partial charge in [0.2, 0.25) is 5.13 Å². The van der Waals surface area contributed by atoms with E-state index >= 15 is 0 Å². The Kier molecular flexibility index (Phi) is 4.12. The number of nitrogens with one attached hydrogen (secondary N) is 2. The summed E-state index contributed by atoms with van der Waals surface area (Å²) in [7, 11) is 1.77. The second kappa shape index (κ2) is 6.20. The second-order valence-corrected chi connectivity index (χ2v) is 6.21. The minimum atomic E-state index is -0.230. The van der Waals surface area contributed by atoms with Crippen LogP contribution in [-0.2, 0) is 0 Å². The Labute approximate surface area is 135 Å². The Morgan fingerprint density at radius 2 is 1.95 bits per heavy atom. The fourth-order valence-electron chi connectivity index (χ4n) is 1.94. The topological polar surface area (TPSA) is 79.8 Å². The van der Waals surface area contributed by atoms with E-state index in [0.29, 0.717) is 16.4 Å². The predicted molar refractivity (Wildman–Crippen MR) is 89.7 cm³/mol. The maximum Gasteiger partial charge on any atom is 0.262 e. The molecule has 0 aliphatic heterocycles. The van der Waals surface area contributed by atoms with E-state index in [0.717, 1.165) is 15.6 Å². The molecule has 2 heterocycles. The number of aryl methyl sites for hydroxylation is 1. The van der Waals surface area contributed by atoms with E-state index in [9.17, 15) is 4.79 Å². The molecule has 1 amide bonds. The van der Waals surface area contributed by atoms with Gasteiger partial charge in [0, 0.05) is 12.6 Å². The molecule has 3 aromatic rings. The highest BCUT2D eigenvalue weighted by molar-refractivity contribution is 7.18. The first-order chi connectivity index (χ1) is 10.7. The lowest BCUT2D eigenvalue weighted by Gasteiger charge is -2.02. The first-order valence-corrected chi connectivity index (χ1v) is 8.12. The first-order valence-electron chi connectivity index (χ1n) is 6.53. The van der Waals surface area contributed by atoms with Crippen LogP contribution in [0.5, 0.6) is 0 Å². The molecule has 8 heteroatoms. The van der Waals surface area contributed by atoms with Crippen LogP contribution in [0.1, 0.15) is 16.1 Å². The summed E-state index contributed by atoms with van der Waals surface area (Å²) in [6.07, 6.45) is 0. The van der Waals surface area contributed by atoms with Crippen molar-refractivity contribution >= 4 is 38.9 Å². The number of aromatic nitrogens is 3. The molecule has 0 saturated carbocycles. The summed E-state index contributed by atoms with van der Waals surface area (Å²) in [6.45, 7) is 1.81. The molecule has 22 heavy (non-hydrogen) atoms. The molecule has 3 rings (SSSR count). The summed E-state index contributed by atoms with van der Waals surface area (Å²) in [5, 5.41) is 15.9. The van der Waals surface area contributed by atoms with Crippen LogP contribution in [0, 0.1) is 6.92 Å². The van der Waals surface area contributed by atoms with Gasteiger partial charge in [-0.05, 0) is 18.5 Å². The highest BCUT2D eigenvalue weighted by Crippen LogP contribution is 2.28. The lowest BCUT2D eigenvalue weighted by Crippen LogP contribution is -2.13. The number of hydrogen-bond donors (Lipinski definition) is 2. The van der Waals surface area contributed by atoms with Gasteiger partial charge in [0.1, 0.15) is 10.0 Å². The molecule has 112 valence electrons. The van der Waals surface area contributed by atoms with Crippen LogP contribution in [0.15, 0.2) is 30.3 Å². The quantitative estimate of drug-likeness (QED) is 0.767. The molecule has 0 atom stereocenters. The molecule has 0 saturated heterocycles. The summed E-state index contributed by atoms with van der Waals surface area (Å²) in [5.41, 5.74) is 2.22. The average molecular weight is 331 g/mol. The van der Waals surface area contributed by atoms with Gasteiger partial charge in [-0.1, -0.05) is 41.7 Å². The van der Waals surface area contributed by atoms with Crippen LogP contribution >= 0.6 is 22.9 Å². The van der Waals surface area contributed by atoms with Gasteiger partial charge in [-0.3, -0.25) is 10.1 Å². The molecule has 0 spiro atoms. The number of anilines is 2. The minimum absolute atomic E-state index is 0.230. The van der Waals surface area contributed by atoms with Gasteiger partial charge in [0.05, 0.1) is 11.3 Å². The fraction of sp³-hybridized carbons (Fsp3) is 0.143. The van der Waals surface area contributed by atoms with E-state index in [2.05, 4.69) is 25.2 Å². The van der Waals surface area contributed by atoms with Crippen molar-refractivity contribution in [3.05, 3.63) is 41.6 Å². The molecule has 0 fully saturated rings. The van der Waals surface area contributed by atoms with Crippen molar-refractivity contribution in [2.24, 2.45) is 0 Å². The number of hydrogen-bond acceptors (Lipinski definition) is 7. The maximum absolute atomic E-state index is 12.4. The third kappa shape index (κ3) is 2.83. The van der Waals surface area contributed by atoms with Crippen molar-refractivity contribution in [3.63, 3.8) is 0 Å². The minimum Gasteiger partial charge on any atom is -0.378 e. The Balaban J connectivity index is 1.81. The van der Waals surface area contributed by atoms with Crippen molar-refractivity contribution in [3.8, 4) is 10.6 Å². The molecule has 0 bridgehead atoms. The zero-order chi connectivity index (χ0) is 15.5. The van der Waals surface area contributed by atoms with Crippen LogP contribution in [0.4, 0.5) is 10.1 Å². The monoisotopic (exact) mass is 331 g/mol. The molecule has 0 aliphatic rings. The summed E-state index contributed by atoms with van der Waals surface area (Å²) in [4.78, 5) is 12.4. The van der Waals surface area contributed by atoms with Crippen molar-refractivity contribution in [1.29, 1.82) is 0 Å². The molecular formula is C14H13N5OS2. The van der Waals surface area contributed by atoms with Crippen LogP contribution in [-0.4, -0.2) is 27.5 Å². The van der Waals surface area contributed by atoms with Crippen LogP contribution < -0.4 is 10.6 Å². The normalized spacial score (nSPS) is 10.5. The van der Waals surface area contributed by atoms with Gasteiger partial charge in [-0.15, -0.1) is 10.2 Å². The lowest BCUT2D eigenvalue weighted by molar-refractivity contribution is 0.102. The molecular weight excluding hydrogens is 318 g/mol. The van der Waals surface area contributed by atoms with Crippen LogP contribution in [0.2, 0.25) is 0 Å². The third-order valence-corrected chi connectivity index (χ3v) is 4.83. The maximum atomic E-state index is 12.4. The zero-order valence-electron chi connectivity index (χ0n) is 12.0. The molecule has 2 N–H and O–H groups in total. The van der Waals surface area contributed by atoms with Crippen LogP contribution in [0.3, 0.4) is 0 Å². The first kappa shape index (κ1) is 14.6. The van der Waals surface area contributed by atoms with Gasteiger partial charge < -0.3 is 5.32 Å². The van der Waals surface area contributed by atoms with E-state index in [1.165, 1.54) is 22.9 Å². The van der Waals surface area contributed by atoms with Gasteiger partial charge in [0.25, 0.3) is 5.91 Å². The Hall–Kier alpha value is -2.32.